The average Bonchev–Trinajstić information content (AvgIpc) is 2.96. The highest BCUT2D eigenvalue weighted by molar-refractivity contribution is 7.10. The summed E-state index contributed by atoms with van der Waals surface area (Å²) >= 11 is 1.81. The highest BCUT2D eigenvalue weighted by Crippen LogP contribution is 2.19. The van der Waals surface area contributed by atoms with E-state index in [4.69, 9.17) is 4.42 Å². The summed E-state index contributed by atoms with van der Waals surface area (Å²) in [5, 5.41) is 5.65. The molecule has 98 valence electrons. The predicted octanol–water partition coefficient (Wildman–Crippen LogP) is 3.04. The Morgan fingerprint density at radius 2 is 2.22 bits per heavy atom. The van der Waals surface area contributed by atoms with Crippen molar-refractivity contribution in [2.45, 2.75) is 19.5 Å². The molecule has 0 aromatic carbocycles. The molecule has 0 aliphatic carbocycles. The van der Waals surface area contributed by atoms with E-state index in [0.29, 0.717) is 0 Å². The molecule has 0 fully saturated rings. The number of thiophene rings is 1. The maximum absolute atomic E-state index is 5.49. The van der Waals surface area contributed by atoms with Crippen LogP contribution in [0.3, 0.4) is 0 Å². The van der Waals surface area contributed by atoms with Gasteiger partial charge in [0.2, 0.25) is 0 Å². The Morgan fingerprint density at radius 1 is 1.39 bits per heavy atom. The van der Waals surface area contributed by atoms with Crippen LogP contribution in [0.25, 0.3) is 0 Å². The third-order valence-corrected chi connectivity index (χ3v) is 4.11. The molecular weight excluding hydrogens is 244 g/mol. The van der Waals surface area contributed by atoms with Crippen molar-refractivity contribution in [3.8, 4) is 0 Å². The van der Waals surface area contributed by atoms with Crippen molar-refractivity contribution in [3.63, 3.8) is 0 Å². The molecule has 2 rings (SSSR count). The lowest BCUT2D eigenvalue weighted by Crippen LogP contribution is -2.30. The van der Waals surface area contributed by atoms with Gasteiger partial charge in [0.05, 0.1) is 12.3 Å². The van der Waals surface area contributed by atoms with Gasteiger partial charge in [-0.2, -0.15) is 0 Å². The summed E-state index contributed by atoms with van der Waals surface area (Å²) in [6, 6.07) is 6.41. The topological polar surface area (TPSA) is 28.4 Å². The van der Waals surface area contributed by atoms with Crippen LogP contribution in [0.2, 0.25) is 0 Å². The van der Waals surface area contributed by atoms with Crippen LogP contribution < -0.4 is 5.32 Å². The van der Waals surface area contributed by atoms with Crippen molar-refractivity contribution in [3.05, 3.63) is 46.0 Å². The molecule has 1 atom stereocenters. The van der Waals surface area contributed by atoms with Gasteiger partial charge in [0.1, 0.15) is 5.76 Å². The van der Waals surface area contributed by atoms with Gasteiger partial charge in [0.25, 0.3) is 0 Å². The second kappa shape index (κ2) is 6.18. The number of aryl methyl sites for hydroxylation is 1. The number of hydrogen-bond donors (Lipinski definition) is 1. The molecule has 1 N–H and O–H groups in total. The normalized spacial score (nSPS) is 13.1. The Morgan fingerprint density at radius 3 is 2.78 bits per heavy atom. The fraction of sp³-hybridized carbons (Fsp3) is 0.429. The first kappa shape index (κ1) is 13.3. The monoisotopic (exact) mass is 264 g/mol. The maximum atomic E-state index is 5.49. The summed E-state index contributed by atoms with van der Waals surface area (Å²) in [7, 11) is 4.15. The van der Waals surface area contributed by atoms with Crippen molar-refractivity contribution < 1.29 is 4.42 Å². The summed E-state index contributed by atoms with van der Waals surface area (Å²) in [4.78, 5) is 3.58. The zero-order valence-corrected chi connectivity index (χ0v) is 12.0. The van der Waals surface area contributed by atoms with E-state index in [1.165, 1.54) is 10.4 Å². The minimum atomic E-state index is 0.278. The molecule has 1 unspecified atom stereocenters. The van der Waals surface area contributed by atoms with Crippen molar-refractivity contribution in [2.24, 2.45) is 0 Å². The summed E-state index contributed by atoms with van der Waals surface area (Å²) in [6.07, 6.45) is 1.73. The minimum absolute atomic E-state index is 0.278. The van der Waals surface area contributed by atoms with E-state index in [1.54, 1.807) is 6.26 Å². The second-order valence-electron chi connectivity index (χ2n) is 4.65. The Bertz CT molecular complexity index is 462. The van der Waals surface area contributed by atoms with Crippen LogP contribution in [0.5, 0.6) is 0 Å². The summed E-state index contributed by atoms with van der Waals surface area (Å²) < 4.78 is 5.49. The average molecular weight is 264 g/mol. The lowest BCUT2D eigenvalue weighted by Gasteiger charge is -2.22. The van der Waals surface area contributed by atoms with Gasteiger partial charge in [-0.05, 0) is 50.2 Å². The van der Waals surface area contributed by atoms with Crippen LogP contribution in [0, 0.1) is 6.92 Å². The van der Waals surface area contributed by atoms with Crippen LogP contribution in [-0.2, 0) is 6.54 Å². The van der Waals surface area contributed by atoms with Crippen molar-refractivity contribution in [1.82, 2.24) is 10.2 Å². The van der Waals surface area contributed by atoms with Crippen LogP contribution in [0.1, 0.15) is 22.2 Å². The third-order valence-electron chi connectivity index (χ3n) is 3.09. The van der Waals surface area contributed by atoms with E-state index < -0.39 is 0 Å². The molecule has 0 aliphatic heterocycles. The van der Waals surface area contributed by atoms with E-state index in [0.717, 1.165) is 18.8 Å². The van der Waals surface area contributed by atoms with E-state index in [1.807, 2.05) is 23.5 Å². The predicted molar refractivity (Wildman–Crippen MR) is 75.9 cm³/mol. The molecule has 0 radical (unpaired) electrons. The smallest absolute Gasteiger partial charge is 0.122 e. The quantitative estimate of drug-likeness (QED) is 0.869. The van der Waals surface area contributed by atoms with E-state index in [2.05, 4.69) is 42.7 Å². The summed E-state index contributed by atoms with van der Waals surface area (Å²) in [6.45, 7) is 3.97. The number of nitrogens with one attached hydrogen (secondary N) is 1. The Hall–Kier alpha value is -1.10. The van der Waals surface area contributed by atoms with Gasteiger partial charge >= 0.3 is 0 Å². The molecule has 0 aliphatic rings. The SMILES string of the molecule is Cc1ccsc1CNCC(c1ccco1)N(C)C. The summed E-state index contributed by atoms with van der Waals surface area (Å²) in [5.41, 5.74) is 1.37. The Kier molecular flexibility index (Phi) is 4.58. The number of furan rings is 1. The maximum Gasteiger partial charge on any atom is 0.122 e. The van der Waals surface area contributed by atoms with Crippen LogP contribution in [0.15, 0.2) is 34.3 Å². The molecule has 0 spiro atoms. The fourth-order valence-corrected chi connectivity index (χ4v) is 2.80. The molecule has 18 heavy (non-hydrogen) atoms. The highest BCUT2D eigenvalue weighted by atomic mass is 32.1. The molecule has 2 heterocycles. The number of rotatable bonds is 6. The van der Waals surface area contributed by atoms with Crippen molar-refractivity contribution >= 4 is 11.3 Å². The number of nitrogens with zero attached hydrogens (tertiary/aromatic N) is 1. The van der Waals surface area contributed by atoms with Gasteiger partial charge in [-0.25, -0.2) is 0 Å². The molecule has 2 aromatic heterocycles. The standard InChI is InChI=1S/C14H20N2OS/c1-11-6-8-18-14(11)10-15-9-12(16(2)3)13-5-4-7-17-13/h4-8,12,15H,9-10H2,1-3H3. The third kappa shape index (κ3) is 3.22. The van der Waals surface area contributed by atoms with Gasteiger partial charge in [-0.15, -0.1) is 11.3 Å². The lowest BCUT2D eigenvalue weighted by atomic mass is 10.2. The first-order valence-electron chi connectivity index (χ1n) is 6.12. The van der Waals surface area contributed by atoms with Crippen LogP contribution in [-0.4, -0.2) is 25.5 Å². The van der Waals surface area contributed by atoms with E-state index in [-0.39, 0.29) is 6.04 Å². The number of likely N-dealkylation sites (N-methyl/N-ethyl adjacent to an activating group) is 1. The second-order valence-corrected chi connectivity index (χ2v) is 5.65. The lowest BCUT2D eigenvalue weighted by molar-refractivity contribution is 0.250. The van der Waals surface area contributed by atoms with Crippen LogP contribution in [0.4, 0.5) is 0 Å². The van der Waals surface area contributed by atoms with Gasteiger partial charge in [0.15, 0.2) is 0 Å². The minimum Gasteiger partial charge on any atom is -0.468 e. The fourth-order valence-electron chi connectivity index (χ4n) is 1.93. The molecule has 3 nitrogen and oxygen atoms in total. The van der Waals surface area contributed by atoms with Gasteiger partial charge in [0, 0.05) is 18.0 Å². The molecular formula is C14H20N2OS. The zero-order chi connectivity index (χ0) is 13.0. The molecule has 4 heteroatoms. The first-order chi connectivity index (χ1) is 8.68. The Balaban J connectivity index is 1.89. The molecule has 0 amide bonds. The van der Waals surface area contributed by atoms with Gasteiger partial charge < -0.3 is 9.73 Å². The zero-order valence-electron chi connectivity index (χ0n) is 11.1. The van der Waals surface area contributed by atoms with Gasteiger partial charge in [-0.3, -0.25) is 4.90 Å². The van der Waals surface area contributed by atoms with Gasteiger partial charge in [-0.1, -0.05) is 0 Å². The van der Waals surface area contributed by atoms with E-state index >= 15 is 0 Å². The Labute approximate surface area is 112 Å². The van der Waals surface area contributed by atoms with E-state index in [9.17, 15) is 0 Å². The molecule has 0 bridgehead atoms. The molecule has 0 saturated carbocycles. The summed E-state index contributed by atoms with van der Waals surface area (Å²) in [5.74, 6) is 1.01. The van der Waals surface area contributed by atoms with Crippen molar-refractivity contribution in [1.29, 1.82) is 0 Å². The number of hydrogen-bond acceptors (Lipinski definition) is 4. The highest BCUT2D eigenvalue weighted by Gasteiger charge is 2.16. The first-order valence-corrected chi connectivity index (χ1v) is 7.00. The molecule has 2 aromatic rings. The van der Waals surface area contributed by atoms with Crippen LogP contribution >= 0.6 is 11.3 Å². The van der Waals surface area contributed by atoms with Crippen molar-refractivity contribution in [2.75, 3.05) is 20.6 Å². The largest absolute Gasteiger partial charge is 0.468 e. The molecule has 0 saturated heterocycles.